The maximum atomic E-state index is 12.0. The van der Waals surface area contributed by atoms with Crippen molar-refractivity contribution < 1.29 is 14.1 Å². The quantitative estimate of drug-likeness (QED) is 0.670. The van der Waals surface area contributed by atoms with E-state index in [1.54, 1.807) is 37.5 Å². The minimum atomic E-state index is -0.467. The fourth-order valence-electron chi connectivity index (χ4n) is 1.78. The highest BCUT2D eigenvalue weighted by Crippen LogP contribution is 2.19. The summed E-state index contributed by atoms with van der Waals surface area (Å²) in [6.45, 7) is 2.07. The molecule has 1 amide bonds. The molecule has 0 saturated carbocycles. The molecule has 1 heterocycles. The number of amides is 1. The Morgan fingerprint density at radius 1 is 1.35 bits per heavy atom. The molecular formula is C14H14N2O4. The van der Waals surface area contributed by atoms with Crippen LogP contribution in [0.2, 0.25) is 0 Å². The fourth-order valence-corrected chi connectivity index (χ4v) is 1.78. The van der Waals surface area contributed by atoms with Crippen molar-refractivity contribution in [3.63, 3.8) is 0 Å². The second kappa shape index (κ2) is 6.01. The molecule has 1 N–H and O–H groups in total. The SMILES string of the molecule is C[C@H](C(=O)NCc1ccco1)c1ccc([N+](=O)[O-])cc1. The van der Waals surface area contributed by atoms with Crippen molar-refractivity contribution in [1.29, 1.82) is 0 Å². The van der Waals surface area contributed by atoms with Gasteiger partial charge in [-0.2, -0.15) is 0 Å². The summed E-state index contributed by atoms with van der Waals surface area (Å²) in [7, 11) is 0. The molecule has 0 saturated heterocycles. The number of nitrogens with one attached hydrogen (secondary N) is 1. The van der Waals surface area contributed by atoms with Gasteiger partial charge in [-0.25, -0.2) is 0 Å². The van der Waals surface area contributed by atoms with Gasteiger partial charge in [0.05, 0.1) is 23.6 Å². The summed E-state index contributed by atoms with van der Waals surface area (Å²) in [5.74, 6) is 0.135. The van der Waals surface area contributed by atoms with Gasteiger partial charge in [0.25, 0.3) is 5.69 Å². The molecule has 0 unspecified atom stereocenters. The number of nitrogens with zero attached hydrogens (tertiary/aromatic N) is 1. The van der Waals surface area contributed by atoms with Crippen LogP contribution in [0.15, 0.2) is 47.1 Å². The summed E-state index contributed by atoms with van der Waals surface area (Å²) in [4.78, 5) is 22.1. The third-order valence-electron chi connectivity index (χ3n) is 3.01. The standard InChI is InChI=1S/C14H14N2O4/c1-10(11-4-6-12(7-5-11)16(18)19)14(17)15-9-13-3-2-8-20-13/h2-8,10H,9H2,1H3,(H,15,17)/t10-/m0/s1. The molecule has 0 bridgehead atoms. The topological polar surface area (TPSA) is 85.4 Å². The zero-order chi connectivity index (χ0) is 14.5. The first-order valence-electron chi connectivity index (χ1n) is 6.12. The van der Waals surface area contributed by atoms with Crippen molar-refractivity contribution in [2.45, 2.75) is 19.4 Å². The first kappa shape index (κ1) is 13.8. The normalized spacial score (nSPS) is 11.8. The van der Waals surface area contributed by atoms with Crippen LogP contribution in [0.5, 0.6) is 0 Å². The largest absolute Gasteiger partial charge is 0.467 e. The Morgan fingerprint density at radius 3 is 2.60 bits per heavy atom. The summed E-state index contributed by atoms with van der Waals surface area (Å²) < 4.78 is 5.12. The number of carbonyl (C=O) groups is 1. The van der Waals surface area contributed by atoms with Crippen LogP contribution < -0.4 is 5.32 Å². The lowest BCUT2D eigenvalue weighted by Crippen LogP contribution is -2.27. The summed E-state index contributed by atoms with van der Waals surface area (Å²) in [6.07, 6.45) is 1.54. The smallest absolute Gasteiger partial charge is 0.269 e. The monoisotopic (exact) mass is 274 g/mol. The summed E-state index contributed by atoms with van der Waals surface area (Å²) in [5, 5.41) is 13.3. The first-order chi connectivity index (χ1) is 9.58. The molecule has 1 aromatic carbocycles. The molecule has 0 aliphatic rings. The van der Waals surface area contributed by atoms with Crippen LogP contribution in [0.4, 0.5) is 5.69 Å². The lowest BCUT2D eigenvalue weighted by molar-refractivity contribution is -0.384. The third kappa shape index (κ3) is 3.23. The van der Waals surface area contributed by atoms with Gasteiger partial charge in [-0.3, -0.25) is 14.9 Å². The van der Waals surface area contributed by atoms with Crippen molar-refractivity contribution in [2.75, 3.05) is 0 Å². The minimum absolute atomic E-state index is 0.0111. The van der Waals surface area contributed by atoms with Crippen LogP contribution in [0.1, 0.15) is 24.2 Å². The van der Waals surface area contributed by atoms with E-state index in [-0.39, 0.29) is 17.5 Å². The third-order valence-corrected chi connectivity index (χ3v) is 3.01. The molecule has 20 heavy (non-hydrogen) atoms. The van der Waals surface area contributed by atoms with E-state index in [0.717, 1.165) is 5.56 Å². The lowest BCUT2D eigenvalue weighted by atomic mass is 10.00. The van der Waals surface area contributed by atoms with E-state index in [4.69, 9.17) is 4.42 Å². The average Bonchev–Trinajstić information content (AvgIpc) is 2.97. The molecule has 2 aromatic rings. The Labute approximate surface area is 115 Å². The van der Waals surface area contributed by atoms with Crippen LogP contribution in [0.3, 0.4) is 0 Å². The van der Waals surface area contributed by atoms with Gasteiger partial charge in [-0.05, 0) is 24.6 Å². The van der Waals surface area contributed by atoms with Crippen molar-refractivity contribution in [2.24, 2.45) is 0 Å². The number of carbonyl (C=O) groups excluding carboxylic acids is 1. The molecule has 0 aliphatic carbocycles. The second-order valence-electron chi connectivity index (χ2n) is 4.37. The lowest BCUT2D eigenvalue weighted by Gasteiger charge is -2.11. The van der Waals surface area contributed by atoms with Gasteiger partial charge in [0, 0.05) is 12.1 Å². The molecule has 104 valence electrons. The van der Waals surface area contributed by atoms with E-state index in [0.29, 0.717) is 12.3 Å². The highest BCUT2D eigenvalue weighted by Gasteiger charge is 2.16. The molecule has 2 rings (SSSR count). The zero-order valence-electron chi connectivity index (χ0n) is 10.9. The van der Waals surface area contributed by atoms with Gasteiger partial charge in [-0.1, -0.05) is 12.1 Å². The molecule has 0 aliphatic heterocycles. The van der Waals surface area contributed by atoms with Gasteiger partial charge >= 0.3 is 0 Å². The number of benzene rings is 1. The van der Waals surface area contributed by atoms with Crippen LogP contribution in [0, 0.1) is 10.1 Å². The Morgan fingerprint density at radius 2 is 2.05 bits per heavy atom. The predicted octanol–water partition coefficient (Wildman–Crippen LogP) is 2.61. The van der Waals surface area contributed by atoms with Crippen LogP contribution >= 0.6 is 0 Å². The summed E-state index contributed by atoms with van der Waals surface area (Å²) in [5.41, 5.74) is 0.740. The Hall–Kier alpha value is -2.63. The molecule has 6 nitrogen and oxygen atoms in total. The highest BCUT2D eigenvalue weighted by atomic mass is 16.6. The molecule has 1 aromatic heterocycles. The predicted molar refractivity (Wildman–Crippen MR) is 72.1 cm³/mol. The van der Waals surface area contributed by atoms with Gasteiger partial charge in [0.1, 0.15) is 5.76 Å². The van der Waals surface area contributed by atoms with Gasteiger partial charge in [0.15, 0.2) is 0 Å². The maximum Gasteiger partial charge on any atom is 0.269 e. The first-order valence-corrected chi connectivity index (χ1v) is 6.12. The maximum absolute atomic E-state index is 12.0. The van der Waals surface area contributed by atoms with Crippen LogP contribution in [-0.2, 0) is 11.3 Å². The van der Waals surface area contributed by atoms with Crippen molar-refractivity contribution >= 4 is 11.6 Å². The fraction of sp³-hybridized carbons (Fsp3) is 0.214. The van der Waals surface area contributed by atoms with E-state index in [2.05, 4.69) is 5.32 Å². The number of nitro groups is 1. The molecular weight excluding hydrogens is 260 g/mol. The van der Waals surface area contributed by atoms with Crippen LogP contribution in [0.25, 0.3) is 0 Å². The highest BCUT2D eigenvalue weighted by molar-refractivity contribution is 5.83. The average molecular weight is 274 g/mol. The van der Waals surface area contributed by atoms with Crippen molar-refractivity contribution in [1.82, 2.24) is 5.32 Å². The van der Waals surface area contributed by atoms with E-state index < -0.39 is 4.92 Å². The van der Waals surface area contributed by atoms with Gasteiger partial charge in [0.2, 0.25) is 5.91 Å². The summed E-state index contributed by atoms with van der Waals surface area (Å²) in [6, 6.07) is 9.50. The van der Waals surface area contributed by atoms with Crippen molar-refractivity contribution in [3.05, 3.63) is 64.1 Å². The van der Waals surface area contributed by atoms with E-state index in [1.165, 1.54) is 12.1 Å². The Kier molecular flexibility index (Phi) is 4.14. The van der Waals surface area contributed by atoms with Crippen molar-refractivity contribution in [3.8, 4) is 0 Å². The number of furan rings is 1. The van der Waals surface area contributed by atoms with Gasteiger partial charge < -0.3 is 9.73 Å². The number of hydrogen-bond acceptors (Lipinski definition) is 4. The minimum Gasteiger partial charge on any atom is -0.467 e. The second-order valence-corrected chi connectivity index (χ2v) is 4.37. The Bertz CT molecular complexity index is 590. The number of nitro benzene ring substituents is 1. The zero-order valence-corrected chi connectivity index (χ0v) is 10.9. The van der Waals surface area contributed by atoms with Gasteiger partial charge in [-0.15, -0.1) is 0 Å². The van der Waals surface area contributed by atoms with E-state index in [9.17, 15) is 14.9 Å². The Balaban J connectivity index is 1.97. The molecule has 6 heteroatoms. The van der Waals surface area contributed by atoms with E-state index in [1.807, 2.05) is 0 Å². The number of non-ortho nitro benzene ring substituents is 1. The van der Waals surface area contributed by atoms with Crippen LogP contribution in [-0.4, -0.2) is 10.8 Å². The number of rotatable bonds is 5. The van der Waals surface area contributed by atoms with E-state index >= 15 is 0 Å². The molecule has 0 fully saturated rings. The summed E-state index contributed by atoms with van der Waals surface area (Å²) >= 11 is 0. The molecule has 1 atom stereocenters. The molecule has 0 spiro atoms. The molecule has 0 radical (unpaired) electrons. The number of hydrogen-bond donors (Lipinski definition) is 1.